The third-order valence-corrected chi connectivity index (χ3v) is 8.22. The lowest BCUT2D eigenvalue weighted by Crippen LogP contribution is -2.53. The number of rotatable bonds is 3. The van der Waals surface area contributed by atoms with Gasteiger partial charge in [-0.15, -0.1) is 0 Å². The lowest BCUT2D eigenvalue weighted by Gasteiger charge is -2.45. The molecule has 5 rings (SSSR count). The number of likely N-dealkylation sites (tertiary alicyclic amines) is 1. The number of fused-ring (bicyclic) bond motifs is 2. The van der Waals surface area contributed by atoms with Crippen molar-refractivity contribution in [2.24, 2.45) is 5.92 Å². The molecular formula is C26H32ClN3O. The van der Waals surface area contributed by atoms with Gasteiger partial charge in [-0.1, -0.05) is 54.9 Å². The van der Waals surface area contributed by atoms with E-state index >= 15 is 0 Å². The van der Waals surface area contributed by atoms with E-state index in [1.807, 2.05) is 6.07 Å². The number of carbonyl (C=O) groups is 1. The maximum Gasteiger partial charge on any atom is 0.228 e. The summed E-state index contributed by atoms with van der Waals surface area (Å²) in [5, 5.41) is 4.12. The molecule has 2 aromatic rings. The summed E-state index contributed by atoms with van der Waals surface area (Å²) >= 11 is 6.19. The molecule has 1 aliphatic carbocycles. The maximum absolute atomic E-state index is 14.0. The van der Waals surface area contributed by atoms with E-state index in [2.05, 4.69) is 58.5 Å². The van der Waals surface area contributed by atoms with E-state index in [0.717, 1.165) is 63.9 Å². The van der Waals surface area contributed by atoms with Crippen LogP contribution in [-0.4, -0.2) is 41.5 Å². The first-order valence-electron chi connectivity index (χ1n) is 11.8. The molecule has 3 heterocycles. The van der Waals surface area contributed by atoms with Crippen LogP contribution in [0.2, 0.25) is 5.15 Å². The van der Waals surface area contributed by atoms with Gasteiger partial charge in [-0.25, -0.2) is 4.98 Å². The zero-order valence-electron chi connectivity index (χ0n) is 18.3. The second-order valence-electron chi connectivity index (χ2n) is 9.55. The Morgan fingerprint density at radius 1 is 1.26 bits per heavy atom. The number of nitrogens with one attached hydrogen (secondary N) is 1. The fourth-order valence-electron chi connectivity index (χ4n) is 6.41. The lowest BCUT2D eigenvalue weighted by molar-refractivity contribution is -0.141. The molecule has 0 bridgehead atoms. The predicted octanol–water partition coefficient (Wildman–Crippen LogP) is 4.71. The molecule has 2 fully saturated rings. The molecule has 5 heteroatoms. The molecule has 4 atom stereocenters. The summed E-state index contributed by atoms with van der Waals surface area (Å²) in [6, 6.07) is 15.2. The van der Waals surface area contributed by atoms with E-state index in [4.69, 9.17) is 11.6 Å². The highest BCUT2D eigenvalue weighted by Gasteiger charge is 2.52. The molecule has 0 unspecified atom stereocenters. The summed E-state index contributed by atoms with van der Waals surface area (Å²) in [6.45, 7) is 4.70. The summed E-state index contributed by atoms with van der Waals surface area (Å²) in [6.07, 6.45) is 6.19. The smallest absolute Gasteiger partial charge is 0.228 e. The SMILES string of the molecule is CC[C@@H]1C[C@H](c2ccccc2)CCN1C(=O)[C@@H]1CNC[C@]12CCCc1nc(Cl)ccc12. The first-order valence-corrected chi connectivity index (χ1v) is 12.2. The quantitative estimate of drug-likeness (QED) is 0.707. The van der Waals surface area contributed by atoms with Crippen molar-refractivity contribution in [3.05, 3.63) is 64.4 Å². The van der Waals surface area contributed by atoms with Gasteiger partial charge in [0.25, 0.3) is 0 Å². The standard InChI is InChI=1S/C26H32ClN3O/c1-2-20-15-19(18-7-4-3-5-8-18)12-14-30(20)25(31)22-16-28-17-26(22)13-6-9-23-21(26)10-11-24(27)29-23/h3-5,7-8,10-11,19-20,22,28H,2,6,9,12-17H2,1H3/t19-,20-,22+,26+/m1/s1. The molecule has 2 aliphatic heterocycles. The number of aryl methyl sites for hydroxylation is 1. The number of halogens is 1. The minimum absolute atomic E-state index is 0.0168. The molecule has 164 valence electrons. The van der Waals surface area contributed by atoms with Gasteiger partial charge in [0.2, 0.25) is 5.91 Å². The molecule has 4 nitrogen and oxygen atoms in total. The zero-order chi connectivity index (χ0) is 21.4. The van der Waals surface area contributed by atoms with Crippen LogP contribution in [0.1, 0.15) is 61.8 Å². The molecule has 0 radical (unpaired) electrons. The van der Waals surface area contributed by atoms with E-state index in [1.165, 1.54) is 11.1 Å². The Balaban J connectivity index is 1.40. The molecule has 1 aromatic heterocycles. The van der Waals surface area contributed by atoms with Crippen LogP contribution in [0.15, 0.2) is 42.5 Å². The minimum atomic E-state index is -0.142. The third-order valence-electron chi connectivity index (χ3n) is 8.01. The molecule has 31 heavy (non-hydrogen) atoms. The summed E-state index contributed by atoms with van der Waals surface area (Å²) in [7, 11) is 0. The van der Waals surface area contributed by atoms with E-state index in [0.29, 0.717) is 23.0 Å². The summed E-state index contributed by atoms with van der Waals surface area (Å²) in [5.74, 6) is 0.871. The zero-order valence-corrected chi connectivity index (χ0v) is 19.1. The summed E-state index contributed by atoms with van der Waals surface area (Å²) in [5.41, 5.74) is 3.61. The van der Waals surface area contributed by atoms with Crippen molar-refractivity contribution in [3.63, 3.8) is 0 Å². The van der Waals surface area contributed by atoms with Gasteiger partial charge in [0, 0.05) is 36.8 Å². The van der Waals surface area contributed by atoms with E-state index in [9.17, 15) is 4.79 Å². The van der Waals surface area contributed by atoms with Crippen LogP contribution in [-0.2, 0) is 16.6 Å². The monoisotopic (exact) mass is 437 g/mol. The van der Waals surface area contributed by atoms with Gasteiger partial charge in [0.15, 0.2) is 0 Å². The van der Waals surface area contributed by atoms with Crippen LogP contribution in [0, 0.1) is 5.92 Å². The molecule has 1 N–H and O–H groups in total. The number of hydrogen-bond donors (Lipinski definition) is 1. The van der Waals surface area contributed by atoms with Crippen LogP contribution in [0.5, 0.6) is 0 Å². The second-order valence-corrected chi connectivity index (χ2v) is 9.93. The number of nitrogens with zero attached hydrogens (tertiary/aromatic N) is 2. The van der Waals surface area contributed by atoms with Crippen LogP contribution in [0.3, 0.4) is 0 Å². The van der Waals surface area contributed by atoms with Crippen LogP contribution < -0.4 is 5.32 Å². The molecule has 2 saturated heterocycles. The Labute approximate surface area is 190 Å². The first kappa shape index (κ1) is 21.0. The fourth-order valence-corrected chi connectivity index (χ4v) is 6.57. The number of aromatic nitrogens is 1. The number of pyridine rings is 1. The summed E-state index contributed by atoms with van der Waals surface area (Å²) in [4.78, 5) is 20.8. The Morgan fingerprint density at radius 3 is 2.90 bits per heavy atom. The molecule has 1 aromatic carbocycles. The van der Waals surface area contributed by atoms with Gasteiger partial charge in [0.05, 0.1) is 5.92 Å². The van der Waals surface area contributed by atoms with Gasteiger partial charge >= 0.3 is 0 Å². The van der Waals surface area contributed by atoms with Crippen LogP contribution in [0.4, 0.5) is 0 Å². The Kier molecular flexibility index (Phi) is 5.78. The highest BCUT2D eigenvalue weighted by Crippen LogP contribution is 2.46. The molecule has 3 aliphatic rings. The average Bonchev–Trinajstić information content (AvgIpc) is 3.22. The number of carbonyl (C=O) groups excluding carboxylic acids is 1. The number of amides is 1. The van der Waals surface area contributed by atoms with E-state index in [-0.39, 0.29) is 11.3 Å². The van der Waals surface area contributed by atoms with Gasteiger partial charge in [-0.05, 0) is 61.6 Å². The van der Waals surface area contributed by atoms with Gasteiger partial charge in [0.1, 0.15) is 5.15 Å². The van der Waals surface area contributed by atoms with Crippen LogP contribution in [0.25, 0.3) is 0 Å². The predicted molar refractivity (Wildman–Crippen MR) is 124 cm³/mol. The molecular weight excluding hydrogens is 406 g/mol. The largest absolute Gasteiger partial charge is 0.339 e. The fraction of sp³-hybridized carbons (Fsp3) is 0.538. The Bertz CT molecular complexity index is 949. The van der Waals surface area contributed by atoms with Crippen molar-refractivity contribution in [1.29, 1.82) is 0 Å². The van der Waals surface area contributed by atoms with E-state index in [1.54, 1.807) is 0 Å². The Hall–Kier alpha value is -1.91. The van der Waals surface area contributed by atoms with Gasteiger partial charge < -0.3 is 10.2 Å². The van der Waals surface area contributed by atoms with E-state index < -0.39 is 0 Å². The Morgan fingerprint density at radius 2 is 2.10 bits per heavy atom. The number of benzene rings is 1. The lowest BCUT2D eigenvalue weighted by atomic mass is 9.65. The van der Waals surface area contributed by atoms with Crippen molar-refractivity contribution in [2.75, 3.05) is 19.6 Å². The maximum atomic E-state index is 14.0. The molecule has 1 spiro atoms. The highest BCUT2D eigenvalue weighted by molar-refractivity contribution is 6.29. The average molecular weight is 438 g/mol. The van der Waals surface area contributed by atoms with Crippen LogP contribution >= 0.6 is 11.6 Å². The number of piperidine rings is 1. The van der Waals surface area contributed by atoms with Crippen molar-refractivity contribution in [1.82, 2.24) is 15.2 Å². The second kappa shape index (κ2) is 8.55. The van der Waals surface area contributed by atoms with Crippen molar-refractivity contribution >= 4 is 17.5 Å². The van der Waals surface area contributed by atoms with Gasteiger partial charge in [-0.2, -0.15) is 0 Å². The molecule has 1 amide bonds. The van der Waals surface area contributed by atoms with Crippen molar-refractivity contribution < 1.29 is 4.79 Å². The molecule has 0 saturated carbocycles. The topological polar surface area (TPSA) is 45.2 Å². The van der Waals surface area contributed by atoms with Gasteiger partial charge in [-0.3, -0.25) is 4.79 Å². The highest BCUT2D eigenvalue weighted by atomic mass is 35.5. The third kappa shape index (κ3) is 3.68. The number of hydrogen-bond acceptors (Lipinski definition) is 3. The first-order chi connectivity index (χ1) is 15.1. The summed E-state index contributed by atoms with van der Waals surface area (Å²) < 4.78 is 0. The normalized spacial score (nSPS) is 30.4. The van der Waals surface area contributed by atoms with Crippen molar-refractivity contribution in [2.45, 2.75) is 62.8 Å². The minimum Gasteiger partial charge on any atom is -0.339 e. The van der Waals surface area contributed by atoms with Crippen molar-refractivity contribution in [3.8, 4) is 0 Å².